The highest BCUT2D eigenvalue weighted by Crippen LogP contribution is 2.28. The number of anilines is 2. The maximum absolute atomic E-state index is 13.4. The lowest BCUT2D eigenvalue weighted by molar-refractivity contribution is -0.115. The van der Waals surface area contributed by atoms with Crippen LogP contribution < -0.4 is 10.2 Å². The molecule has 0 atom stereocenters. The van der Waals surface area contributed by atoms with Crippen molar-refractivity contribution in [3.05, 3.63) is 99.8 Å². The van der Waals surface area contributed by atoms with Gasteiger partial charge in [0.05, 0.1) is 19.5 Å². The Kier molecular flexibility index (Phi) is 5.33. The van der Waals surface area contributed by atoms with Crippen molar-refractivity contribution in [3.63, 3.8) is 0 Å². The molecule has 1 N–H and O–H groups in total. The van der Waals surface area contributed by atoms with Crippen LogP contribution in [0.5, 0.6) is 0 Å². The highest BCUT2D eigenvalue weighted by Gasteiger charge is 2.25. The number of hydrogen-bond donors (Lipinski definition) is 1. The fourth-order valence-electron chi connectivity index (χ4n) is 3.96. The SMILES string of the molecule is Cc1sccc1CC(=O)Nc1ccc(C(=O)N2Cc3nccn3Cc3ccccc32)cc1. The molecule has 0 saturated heterocycles. The summed E-state index contributed by atoms with van der Waals surface area (Å²) >= 11 is 1.64. The minimum absolute atomic E-state index is 0.0705. The Balaban J connectivity index is 1.34. The van der Waals surface area contributed by atoms with E-state index in [0.29, 0.717) is 30.8 Å². The molecule has 2 aromatic carbocycles. The van der Waals surface area contributed by atoms with Crippen molar-refractivity contribution in [1.29, 1.82) is 0 Å². The monoisotopic (exact) mass is 442 g/mol. The minimum Gasteiger partial charge on any atom is -0.329 e. The fraction of sp³-hybridized carbons (Fsp3) is 0.160. The number of carbonyl (C=O) groups excluding carboxylic acids is 2. The van der Waals surface area contributed by atoms with Crippen molar-refractivity contribution in [2.24, 2.45) is 0 Å². The summed E-state index contributed by atoms with van der Waals surface area (Å²) in [4.78, 5) is 33.2. The van der Waals surface area contributed by atoms with E-state index in [4.69, 9.17) is 0 Å². The van der Waals surface area contributed by atoms with E-state index in [9.17, 15) is 9.59 Å². The lowest BCUT2D eigenvalue weighted by Gasteiger charge is -2.22. The number of aryl methyl sites for hydroxylation is 1. The van der Waals surface area contributed by atoms with Gasteiger partial charge in [0, 0.05) is 34.2 Å². The normalized spacial score (nSPS) is 12.6. The van der Waals surface area contributed by atoms with Crippen molar-refractivity contribution in [2.45, 2.75) is 26.4 Å². The van der Waals surface area contributed by atoms with Crippen molar-refractivity contribution < 1.29 is 9.59 Å². The number of fused-ring (bicyclic) bond motifs is 2. The molecule has 1 aliphatic heterocycles. The van der Waals surface area contributed by atoms with Gasteiger partial charge in [-0.3, -0.25) is 9.59 Å². The first kappa shape index (κ1) is 20.2. The molecular weight excluding hydrogens is 420 g/mol. The second-order valence-electron chi connectivity index (χ2n) is 7.80. The Morgan fingerprint density at radius 3 is 2.66 bits per heavy atom. The van der Waals surface area contributed by atoms with Gasteiger partial charge in [-0.15, -0.1) is 11.3 Å². The second-order valence-corrected chi connectivity index (χ2v) is 8.92. The zero-order valence-electron chi connectivity index (χ0n) is 17.6. The average molecular weight is 443 g/mol. The van der Waals surface area contributed by atoms with E-state index < -0.39 is 0 Å². The Hall–Kier alpha value is -3.71. The average Bonchev–Trinajstić information content (AvgIpc) is 3.37. The maximum Gasteiger partial charge on any atom is 0.258 e. The van der Waals surface area contributed by atoms with Crippen LogP contribution in [0, 0.1) is 6.92 Å². The Morgan fingerprint density at radius 2 is 1.88 bits per heavy atom. The number of nitrogens with one attached hydrogen (secondary N) is 1. The van der Waals surface area contributed by atoms with Crippen molar-refractivity contribution in [1.82, 2.24) is 9.55 Å². The zero-order valence-corrected chi connectivity index (χ0v) is 18.4. The molecule has 0 aliphatic carbocycles. The first-order chi connectivity index (χ1) is 15.6. The van der Waals surface area contributed by atoms with E-state index in [0.717, 1.165) is 27.5 Å². The molecule has 2 aromatic heterocycles. The quantitative estimate of drug-likeness (QED) is 0.501. The fourth-order valence-corrected chi connectivity index (χ4v) is 4.69. The summed E-state index contributed by atoms with van der Waals surface area (Å²) < 4.78 is 2.07. The standard InChI is InChI=1S/C25H22N4O2S/c1-17-19(10-13-32-17)14-24(30)27-21-8-6-18(7-9-21)25(31)29-16-23-26-11-12-28(23)15-20-4-2-3-5-22(20)29/h2-13H,14-16H2,1H3,(H,27,30). The summed E-state index contributed by atoms with van der Waals surface area (Å²) in [7, 11) is 0. The van der Waals surface area contributed by atoms with Crippen LogP contribution in [0.2, 0.25) is 0 Å². The number of benzene rings is 2. The van der Waals surface area contributed by atoms with Crippen LogP contribution in [0.15, 0.2) is 72.4 Å². The number of aromatic nitrogens is 2. The number of imidazole rings is 1. The van der Waals surface area contributed by atoms with E-state index in [1.165, 1.54) is 0 Å². The Labute approximate surface area is 190 Å². The molecule has 160 valence electrons. The van der Waals surface area contributed by atoms with Crippen LogP contribution in [0.1, 0.15) is 32.2 Å². The third-order valence-electron chi connectivity index (χ3n) is 5.70. The van der Waals surface area contributed by atoms with Crippen LogP contribution in [-0.4, -0.2) is 21.4 Å². The van der Waals surface area contributed by atoms with E-state index in [1.807, 2.05) is 48.8 Å². The molecule has 3 heterocycles. The third-order valence-corrected chi connectivity index (χ3v) is 6.59. The van der Waals surface area contributed by atoms with E-state index in [2.05, 4.69) is 14.9 Å². The summed E-state index contributed by atoms with van der Waals surface area (Å²) in [5.74, 6) is 0.682. The number of nitrogens with zero attached hydrogens (tertiary/aromatic N) is 3. The first-order valence-corrected chi connectivity index (χ1v) is 11.3. The first-order valence-electron chi connectivity index (χ1n) is 10.4. The second kappa shape index (κ2) is 8.43. The topological polar surface area (TPSA) is 67.2 Å². The van der Waals surface area contributed by atoms with Crippen LogP contribution in [0.4, 0.5) is 11.4 Å². The lowest BCUT2D eigenvalue weighted by Crippen LogP contribution is -2.30. The van der Waals surface area contributed by atoms with Crippen molar-refractivity contribution in [3.8, 4) is 0 Å². The molecule has 4 aromatic rings. The molecule has 0 spiro atoms. The predicted octanol–water partition coefficient (Wildman–Crippen LogP) is 4.64. The Bertz CT molecular complexity index is 1290. The molecule has 32 heavy (non-hydrogen) atoms. The highest BCUT2D eigenvalue weighted by molar-refractivity contribution is 7.10. The van der Waals surface area contributed by atoms with Gasteiger partial charge in [-0.2, -0.15) is 0 Å². The molecular formula is C25H22N4O2S. The molecule has 0 radical (unpaired) electrons. The molecule has 0 saturated carbocycles. The van der Waals surface area contributed by atoms with Gasteiger partial charge in [-0.05, 0) is 59.8 Å². The number of rotatable bonds is 4. The molecule has 1 aliphatic rings. The molecule has 0 fully saturated rings. The maximum atomic E-state index is 13.4. The predicted molar refractivity (Wildman–Crippen MR) is 126 cm³/mol. The van der Waals surface area contributed by atoms with Gasteiger partial charge >= 0.3 is 0 Å². The molecule has 0 bridgehead atoms. The minimum atomic E-state index is -0.0966. The highest BCUT2D eigenvalue weighted by atomic mass is 32.1. The van der Waals surface area contributed by atoms with Crippen LogP contribution in [0.3, 0.4) is 0 Å². The van der Waals surface area contributed by atoms with Gasteiger partial charge in [0.1, 0.15) is 5.82 Å². The van der Waals surface area contributed by atoms with Crippen molar-refractivity contribution >= 4 is 34.5 Å². The summed E-state index contributed by atoms with van der Waals surface area (Å²) in [5.41, 5.74) is 4.24. The van der Waals surface area contributed by atoms with E-state index in [-0.39, 0.29) is 11.8 Å². The Morgan fingerprint density at radius 1 is 1.06 bits per heavy atom. The number of thiophene rings is 1. The van der Waals surface area contributed by atoms with Crippen molar-refractivity contribution in [2.75, 3.05) is 10.2 Å². The van der Waals surface area contributed by atoms with Gasteiger partial charge in [-0.1, -0.05) is 18.2 Å². The molecule has 2 amide bonds. The van der Waals surface area contributed by atoms with Crippen LogP contribution >= 0.6 is 11.3 Å². The van der Waals surface area contributed by atoms with E-state index >= 15 is 0 Å². The number of hydrogen-bond acceptors (Lipinski definition) is 4. The summed E-state index contributed by atoms with van der Waals surface area (Å²) in [5, 5.41) is 4.91. The zero-order chi connectivity index (χ0) is 22.1. The number of carbonyl (C=O) groups is 2. The van der Waals surface area contributed by atoms with Gasteiger partial charge < -0.3 is 14.8 Å². The smallest absolute Gasteiger partial charge is 0.258 e. The number of amides is 2. The van der Waals surface area contributed by atoms with Crippen LogP contribution in [-0.2, 0) is 24.3 Å². The summed E-state index contributed by atoms with van der Waals surface area (Å²) in [6.07, 6.45) is 4.05. The lowest BCUT2D eigenvalue weighted by atomic mass is 10.1. The number of para-hydroxylation sites is 1. The largest absolute Gasteiger partial charge is 0.329 e. The third kappa shape index (κ3) is 3.94. The molecule has 5 rings (SSSR count). The summed E-state index contributed by atoms with van der Waals surface area (Å²) in [6, 6.07) is 17.0. The van der Waals surface area contributed by atoms with Gasteiger partial charge in [0.2, 0.25) is 5.91 Å². The van der Waals surface area contributed by atoms with E-state index in [1.54, 1.807) is 46.7 Å². The van der Waals surface area contributed by atoms with Gasteiger partial charge in [-0.25, -0.2) is 4.98 Å². The molecule has 7 heteroatoms. The van der Waals surface area contributed by atoms with Gasteiger partial charge in [0.25, 0.3) is 5.91 Å². The molecule has 0 unspecified atom stereocenters. The summed E-state index contributed by atoms with van der Waals surface area (Å²) in [6.45, 7) is 3.10. The van der Waals surface area contributed by atoms with Crippen LogP contribution in [0.25, 0.3) is 0 Å². The van der Waals surface area contributed by atoms with Gasteiger partial charge in [0.15, 0.2) is 0 Å². The molecule has 6 nitrogen and oxygen atoms in total.